The maximum absolute atomic E-state index is 14.5. The van der Waals surface area contributed by atoms with Crippen molar-refractivity contribution in [2.45, 2.75) is 12.7 Å². The molecule has 0 radical (unpaired) electrons. The van der Waals surface area contributed by atoms with Crippen LogP contribution >= 0.6 is 0 Å². The van der Waals surface area contributed by atoms with E-state index in [4.69, 9.17) is 11.5 Å². The van der Waals surface area contributed by atoms with Crippen LogP contribution in [0.1, 0.15) is 17.3 Å². The maximum Gasteiger partial charge on any atom is 0.347 e. The molecule has 5 nitrogen and oxygen atoms in total. The molecule has 2 amide bonds. The molecule has 2 aromatic carbocycles. The Hall–Kier alpha value is -3.10. The van der Waals surface area contributed by atoms with Crippen LogP contribution in [0.15, 0.2) is 35.3 Å². The molecule has 0 bridgehead atoms. The number of hydrogen-bond acceptors (Lipinski definition) is 1. The highest BCUT2D eigenvalue weighted by Crippen LogP contribution is 2.38. The van der Waals surface area contributed by atoms with Crippen molar-refractivity contribution in [3.63, 3.8) is 0 Å². The minimum absolute atomic E-state index is 0.0361. The summed E-state index contributed by atoms with van der Waals surface area (Å²) >= 11 is 0. The molecule has 136 valence electrons. The fraction of sp³-hybridized carbons (Fsp3) is 0.176. The topological polar surface area (TPSA) is 84.7 Å². The Morgan fingerprint density at radius 2 is 1.77 bits per heavy atom. The largest absolute Gasteiger partial charge is 0.370 e. The van der Waals surface area contributed by atoms with E-state index in [9.17, 15) is 22.4 Å². The molecule has 0 aliphatic carbocycles. The van der Waals surface area contributed by atoms with Crippen LogP contribution in [0.5, 0.6) is 0 Å². The highest BCUT2D eigenvalue weighted by Gasteiger charge is 2.33. The van der Waals surface area contributed by atoms with Gasteiger partial charge >= 0.3 is 6.03 Å². The quantitative estimate of drug-likeness (QED) is 0.462. The number of guanidine groups is 1. The van der Waals surface area contributed by atoms with E-state index in [2.05, 4.69) is 4.99 Å². The van der Waals surface area contributed by atoms with Crippen LogP contribution in [0, 0.1) is 17.5 Å². The van der Waals surface area contributed by atoms with E-state index in [0.717, 1.165) is 17.0 Å². The number of carbonyl (C=O) groups excluding carboxylic acids is 1. The number of urea groups is 1. The molecular formula is C17H14F4N4O. The smallest absolute Gasteiger partial charge is 0.347 e. The van der Waals surface area contributed by atoms with Crippen LogP contribution in [-0.4, -0.2) is 23.4 Å². The van der Waals surface area contributed by atoms with Gasteiger partial charge in [-0.05, 0) is 29.3 Å². The first-order valence-corrected chi connectivity index (χ1v) is 7.57. The highest BCUT2D eigenvalue weighted by molar-refractivity contribution is 5.90. The average Bonchev–Trinajstić information content (AvgIpc) is 2.55. The van der Waals surface area contributed by atoms with Gasteiger partial charge in [-0.2, -0.15) is 4.99 Å². The lowest BCUT2D eigenvalue weighted by Gasteiger charge is -2.31. The Kier molecular flexibility index (Phi) is 4.54. The van der Waals surface area contributed by atoms with Gasteiger partial charge in [0, 0.05) is 23.7 Å². The van der Waals surface area contributed by atoms with Crippen molar-refractivity contribution in [3.8, 4) is 11.1 Å². The minimum Gasteiger partial charge on any atom is -0.370 e. The molecule has 0 fully saturated rings. The van der Waals surface area contributed by atoms with Gasteiger partial charge in [0.25, 0.3) is 0 Å². The number of halogens is 4. The number of nitrogens with zero attached hydrogens (tertiary/aromatic N) is 2. The van der Waals surface area contributed by atoms with Gasteiger partial charge in [-0.1, -0.05) is 6.07 Å². The van der Waals surface area contributed by atoms with Crippen molar-refractivity contribution in [2.24, 2.45) is 16.5 Å². The van der Waals surface area contributed by atoms with Crippen molar-refractivity contribution in [1.82, 2.24) is 4.90 Å². The van der Waals surface area contributed by atoms with Gasteiger partial charge in [0.1, 0.15) is 23.6 Å². The summed E-state index contributed by atoms with van der Waals surface area (Å²) in [5, 5.41) is 0. The Balaban J connectivity index is 2.13. The standard InChI is InChI=1S/C17H14F4N4O/c18-8-1-2-10(13(20)5-8)9-3-4-12(19)15-11(9)6-25(7-14(15)21)17(26)24-16(22)23/h1-5,14H,6-7H2,(H4,22,23,24,26). The van der Waals surface area contributed by atoms with Crippen molar-refractivity contribution < 1.29 is 22.4 Å². The van der Waals surface area contributed by atoms with E-state index < -0.39 is 42.2 Å². The van der Waals surface area contributed by atoms with E-state index in [0.29, 0.717) is 6.07 Å². The van der Waals surface area contributed by atoms with E-state index in [-0.39, 0.29) is 28.8 Å². The van der Waals surface area contributed by atoms with Crippen molar-refractivity contribution in [2.75, 3.05) is 6.54 Å². The van der Waals surface area contributed by atoms with Crippen LogP contribution in [0.25, 0.3) is 11.1 Å². The Bertz CT molecular complexity index is 912. The summed E-state index contributed by atoms with van der Waals surface area (Å²) in [6.07, 6.45) is -1.85. The summed E-state index contributed by atoms with van der Waals surface area (Å²) in [5.74, 6) is -2.98. The lowest BCUT2D eigenvalue weighted by molar-refractivity contribution is 0.166. The molecule has 1 unspecified atom stereocenters. The van der Waals surface area contributed by atoms with Crippen LogP contribution in [0.2, 0.25) is 0 Å². The third kappa shape index (κ3) is 3.19. The predicted octanol–water partition coefficient (Wildman–Crippen LogP) is 2.99. The predicted molar refractivity (Wildman–Crippen MR) is 87.2 cm³/mol. The average molecular weight is 366 g/mol. The van der Waals surface area contributed by atoms with Gasteiger partial charge in [-0.3, -0.25) is 0 Å². The molecule has 1 heterocycles. The molecule has 0 aromatic heterocycles. The summed E-state index contributed by atoms with van der Waals surface area (Å²) < 4.78 is 56.0. The minimum atomic E-state index is -1.85. The van der Waals surface area contributed by atoms with Gasteiger partial charge < -0.3 is 16.4 Å². The second kappa shape index (κ2) is 6.66. The fourth-order valence-corrected chi connectivity index (χ4v) is 2.97. The second-order valence-corrected chi connectivity index (χ2v) is 5.78. The van der Waals surface area contributed by atoms with E-state index in [1.54, 1.807) is 0 Å². The molecule has 1 atom stereocenters. The third-order valence-corrected chi connectivity index (χ3v) is 4.06. The first kappa shape index (κ1) is 17.7. The van der Waals surface area contributed by atoms with Crippen LogP contribution in [-0.2, 0) is 6.54 Å². The van der Waals surface area contributed by atoms with E-state index in [1.807, 2.05) is 0 Å². The zero-order valence-electron chi connectivity index (χ0n) is 13.3. The number of hydrogen-bond donors (Lipinski definition) is 2. The molecule has 2 aromatic rings. The molecule has 26 heavy (non-hydrogen) atoms. The number of fused-ring (bicyclic) bond motifs is 1. The summed E-state index contributed by atoms with van der Waals surface area (Å²) in [5.41, 5.74) is 10.2. The highest BCUT2D eigenvalue weighted by atomic mass is 19.1. The van der Waals surface area contributed by atoms with Gasteiger partial charge in [-0.15, -0.1) is 0 Å². The van der Waals surface area contributed by atoms with Crippen LogP contribution < -0.4 is 11.5 Å². The number of aliphatic imine (C=N–C) groups is 1. The van der Waals surface area contributed by atoms with Gasteiger partial charge in [0.05, 0.1) is 6.54 Å². The van der Waals surface area contributed by atoms with E-state index in [1.165, 1.54) is 12.1 Å². The first-order chi connectivity index (χ1) is 12.3. The maximum atomic E-state index is 14.5. The molecule has 3 rings (SSSR count). The first-order valence-electron chi connectivity index (χ1n) is 7.57. The van der Waals surface area contributed by atoms with Crippen LogP contribution in [0.3, 0.4) is 0 Å². The Morgan fingerprint density at radius 3 is 2.42 bits per heavy atom. The SMILES string of the molecule is NC(N)=NC(=O)N1Cc2c(-c3ccc(F)cc3F)ccc(F)c2C(F)C1. The van der Waals surface area contributed by atoms with Crippen LogP contribution in [0.4, 0.5) is 22.4 Å². The molecular weight excluding hydrogens is 352 g/mol. The summed E-state index contributed by atoms with van der Waals surface area (Å²) in [6, 6.07) is 4.24. The molecule has 1 aliphatic rings. The van der Waals surface area contributed by atoms with Gasteiger partial charge in [-0.25, -0.2) is 22.4 Å². The van der Waals surface area contributed by atoms with Crippen molar-refractivity contribution >= 4 is 12.0 Å². The molecule has 0 spiro atoms. The summed E-state index contributed by atoms with van der Waals surface area (Å²) in [7, 11) is 0. The fourth-order valence-electron chi connectivity index (χ4n) is 2.97. The van der Waals surface area contributed by atoms with Crippen molar-refractivity contribution in [3.05, 3.63) is 58.9 Å². The number of benzene rings is 2. The van der Waals surface area contributed by atoms with Crippen molar-refractivity contribution in [1.29, 1.82) is 0 Å². The summed E-state index contributed by atoms with van der Waals surface area (Å²) in [6.45, 7) is -0.676. The number of amides is 2. The second-order valence-electron chi connectivity index (χ2n) is 5.78. The lowest BCUT2D eigenvalue weighted by atomic mass is 9.89. The van der Waals surface area contributed by atoms with E-state index >= 15 is 0 Å². The molecule has 0 saturated heterocycles. The number of alkyl halides is 1. The third-order valence-electron chi connectivity index (χ3n) is 4.06. The zero-order valence-corrected chi connectivity index (χ0v) is 13.3. The molecule has 4 N–H and O–H groups in total. The Labute approximate surface area is 145 Å². The summed E-state index contributed by atoms with van der Waals surface area (Å²) in [4.78, 5) is 16.3. The molecule has 1 aliphatic heterocycles. The lowest BCUT2D eigenvalue weighted by Crippen LogP contribution is -2.38. The molecule has 0 saturated carbocycles. The number of nitrogens with two attached hydrogens (primary N) is 2. The Morgan fingerprint density at radius 1 is 1.08 bits per heavy atom. The normalized spacial score (nSPS) is 16.2. The monoisotopic (exact) mass is 366 g/mol. The van der Waals surface area contributed by atoms with Gasteiger partial charge in [0.2, 0.25) is 0 Å². The van der Waals surface area contributed by atoms with Gasteiger partial charge in [0.15, 0.2) is 5.96 Å². The zero-order chi connectivity index (χ0) is 19.0. The number of carbonyl (C=O) groups is 1. The number of rotatable bonds is 1. The molecule has 9 heteroatoms.